The zero-order chi connectivity index (χ0) is 26.2. The number of aromatic nitrogens is 2. The summed E-state index contributed by atoms with van der Waals surface area (Å²) in [4.78, 5) is 14.1. The van der Waals surface area contributed by atoms with Crippen LogP contribution >= 0.6 is 0 Å². The minimum atomic E-state index is -4.35. The lowest BCUT2D eigenvalue weighted by molar-refractivity contribution is -0.137. The van der Waals surface area contributed by atoms with Crippen molar-refractivity contribution in [3.05, 3.63) is 76.2 Å². The van der Waals surface area contributed by atoms with Gasteiger partial charge in [0.15, 0.2) is 0 Å². The van der Waals surface area contributed by atoms with Crippen molar-refractivity contribution in [2.45, 2.75) is 52.4 Å². The van der Waals surface area contributed by atoms with E-state index in [1.54, 1.807) is 19.1 Å². The lowest BCUT2D eigenvalue weighted by Crippen LogP contribution is -2.36. The third-order valence-electron chi connectivity index (χ3n) is 7.19. The third kappa shape index (κ3) is 5.87. The molecule has 0 saturated carbocycles. The molecule has 0 unspecified atom stereocenters. The summed E-state index contributed by atoms with van der Waals surface area (Å²) >= 11 is 0. The summed E-state index contributed by atoms with van der Waals surface area (Å²) in [6, 6.07) is 9.89. The van der Waals surface area contributed by atoms with Crippen LogP contribution in [0.15, 0.2) is 42.5 Å². The molecule has 5 rings (SSSR count). The van der Waals surface area contributed by atoms with Gasteiger partial charge >= 0.3 is 6.18 Å². The summed E-state index contributed by atoms with van der Waals surface area (Å²) < 4.78 is 58.9. The molecule has 9 heteroatoms. The van der Waals surface area contributed by atoms with Crippen LogP contribution in [0.25, 0.3) is 0 Å². The van der Waals surface area contributed by atoms with E-state index in [1.165, 1.54) is 18.2 Å². The second kappa shape index (κ2) is 10.3. The van der Waals surface area contributed by atoms with E-state index in [2.05, 4.69) is 16.7 Å². The second-order valence-corrected chi connectivity index (χ2v) is 10.1. The molecule has 2 aliphatic rings. The molecule has 2 aliphatic heterocycles. The van der Waals surface area contributed by atoms with Crippen molar-refractivity contribution in [1.29, 1.82) is 0 Å². The molecule has 0 aliphatic carbocycles. The molecule has 3 aromatic rings. The maximum Gasteiger partial charge on any atom is 0.416 e. The van der Waals surface area contributed by atoms with Crippen LogP contribution in [0, 0.1) is 18.7 Å². The third-order valence-corrected chi connectivity index (χ3v) is 7.19. The van der Waals surface area contributed by atoms with E-state index < -0.39 is 11.7 Å². The average molecular weight is 515 g/mol. The van der Waals surface area contributed by atoms with Gasteiger partial charge in [-0.3, -0.25) is 4.90 Å². The molecule has 1 saturated heterocycles. The number of ether oxygens (including phenoxy) is 1. The Bertz CT molecular complexity index is 1250. The maximum atomic E-state index is 13.8. The van der Waals surface area contributed by atoms with E-state index in [9.17, 15) is 17.6 Å². The first kappa shape index (κ1) is 25.4. The van der Waals surface area contributed by atoms with E-state index in [1.807, 2.05) is 0 Å². The number of rotatable bonds is 5. The molecule has 5 nitrogen and oxygen atoms in total. The predicted octanol–water partition coefficient (Wildman–Crippen LogP) is 6.53. The summed E-state index contributed by atoms with van der Waals surface area (Å²) in [5.74, 6) is 1.96. The fourth-order valence-electron chi connectivity index (χ4n) is 4.85. The first-order valence-corrected chi connectivity index (χ1v) is 12.6. The fourth-order valence-corrected chi connectivity index (χ4v) is 4.85. The zero-order valence-corrected chi connectivity index (χ0v) is 21.0. The van der Waals surface area contributed by atoms with Crippen molar-refractivity contribution < 1.29 is 22.3 Å². The van der Waals surface area contributed by atoms with Gasteiger partial charge in [0.1, 0.15) is 11.6 Å². The highest BCUT2D eigenvalue weighted by molar-refractivity contribution is 5.44. The average Bonchev–Trinajstić information content (AvgIpc) is 2.86. The van der Waals surface area contributed by atoms with Crippen LogP contribution < -0.4 is 9.64 Å². The molecule has 0 atom stereocenters. The predicted molar refractivity (Wildman–Crippen MR) is 133 cm³/mol. The van der Waals surface area contributed by atoms with E-state index in [4.69, 9.17) is 14.7 Å². The number of piperidine rings is 1. The lowest BCUT2D eigenvalue weighted by atomic mass is 9.99. The Morgan fingerprint density at radius 1 is 1.00 bits per heavy atom. The highest BCUT2D eigenvalue weighted by Gasteiger charge is 2.30. The van der Waals surface area contributed by atoms with Crippen molar-refractivity contribution in [2.75, 3.05) is 24.5 Å². The highest BCUT2D eigenvalue weighted by atomic mass is 19.4. The molecule has 196 valence electrons. The molecule has 3 heterocycles. The van der Waals surface area contributed by atoms with Gasteiger partial charge < -0.3 is 9.64 Å². The van der Waals surface area contributed by atoms with Gasteiger partial charge in [0.05, 0.1) is 16.8 Å². The topological polar surface area (TPSA) is 41.5 Å². The van der Waals surface area contributed by atoms with Gasteiger partial charge in [0.2, 0.25) is 11.8 Å². The van der Waals surface area contributed by atoms with Crippen molar-refractivity contribution >= 4 is 5.95 Å². The van der Waals surface area contributed by atoms with Crippen LogP contribution in [0.4, 0.5) is 23.5 Å². The second-order valence-electron chi connectivity index (χ2n) is 10.1. The van der Waals surface area contributed by atoms with Crippen LogP contribution in [-0.4, -0.2) is 34.5 Å². The minimum absolute atomic E-state index is 0.303. The van der Waals surface area contributed by atoms with Crippen LogP contribution in [0.5, 0.6) is 11.6 Å². The smallest absolute Gasteiger partial charge is 0.416 e. The molecule has 0 radical (unpaired) electrons. The first-order valence-electron chi connectivity index (χ1n) is 12.6. The van der Waals surface area contributed by atoms with Crippen molar-refractivity contribution in [2.24, 2.45) is 5.92 Å². The number of fused-ring (bicyclic) bond motifs is 1. The summed E-state index contributed by atoms with van der Waals surface area (Å²) in [5.41, 5.74) is 2.40. The summed E-state index contributed by atoms with van der Waals surface area (Å²) in [7, 11) is 0. The summed E-state index contributed by atoms with van der Waals surface area (Å²) in [6.45, 7) is 7.42. The van der Waals surface area contributed by atoms with Crippen LogP contribution in [0.2, 0.25) is 0 Å². The minimum Gasteiger partial charge on any atom is -0.438 e. The van der Waals surface area contributed by atoms with Crippen molar-refractivity contribution in [1.82, 2.24) is 14.9 Å². The largest absolute Gasteiger partial charge is 0.438 e. The van der Waals surface area contributed by atoms with Gasteiger partial charge in [-0.25, -0.2) is 9.37 Å². The number of hydrogen-bond acceptors (Lipinski definition) is 5. The Labute approximate surface area is 214 Å². The first-order chi connectivity index (χ1) is 17.7. The van der Waals surface area contributed by atoms with Gasteiger partial charge in [-0.1, -0.05) is 19.1 Å². The van der Waals surface area contributed by atoms with Gasteiger partial charge in [-0.15, -0.1) is 0 Å². The summed E-state index contributed by atoms with van der Waals surface area (Å²) in [5, 5.41) is 0. The molecule has 1 fully saturated rings. The number of nitrogens with zero attached hydrogens (tertiary/aromatic N) is 4. The van der Waals surface area contributed by atoms with Gasteiger partial charge in [0.25, 0.3) is 0 Å². The van der Waals surface area contributed by atoms with E-state index in [-0.39, 0.29) is 5.82 Å². The quantitative estimate of drug-likeness (QED) is 0.362. The van der Waals surface area contributed by atoms with Crippen LogP contribution in [0.3, 0.4) is 0 Å². The molecule has 1 aromatic heterocycles. The maximum absolute atomic E-state index is 13.8. The fraction of sp³-hybridized carbons (Fsp3) is 0.429. The van der Waals surface area contributed by atoms with E-state index in [0.717, 1.165) is 61.4 Å². The molecular weight excluding hydrogens is 484 g/mol. The van der Waals surface area contributed by atoms with Gasteiger partial charge in [-0.05, 0) is 67.1 Å². The van der Waals surface area contributed by atoms with E-state index in [0.29, 0.717) is 48.6 Å². The zero-order valence-electron chi connectivity index (χ0n) is 21.0. The van der Waals surface area contributed by atoms with Gasteiger partial charge in [-0.2, -0.15) is 18.2 Å². The summed E-state index contributed by atoms with van der Waals surface area (Å²) in [6.07, 6.45) is -1.52. The molecule has 2 aromatic carbocycles. The molecule has 0 N–H and O–H groups in total. The molecule has 0 bridgehead atoms. The standard InChI is InChI=1S/C28H30F4N4O/c1-18-9-13-36(14-10-18)27-33-25-11-12-35(16-20-3-5-21(6-4-20)28(30,31)32)17-23(25)26(34-27)37-22-7-8-24(29)19(2)15-22/h3-8,15,18H,9-14,16-17H2,1-2H3. The Balaban J connectivity index is 1.41. The lowest BCUT2D eigenvalue weighted by Gasteiger charge is -2.33. The molecular formula is C28H30F4N4O. The van der Waals surface area contributed by atoms with Crippen molar-refractivity contribution in [3.63, 3.8) is 0 Å². The SMILES string of the molecule is Cc1cc(Oc2nc(N3CCC(C)CC3)nc3c2CN(Cc2ccc(C(F)(F)F)cc2)CC3)ccc1F. The number of anilines is 1. The van der Waals surface area contributed by atoms with Crippen LogP contribution in [-0.2, 0) is 25.7 Å². The number of alkyl halides is 3. The molecule has 0 amide bonds. The normalized spacial score (nSPS) is 17.1. The Morgan fingerprint density at radius 3 is 2.41 bits per heavy atom. The van der Waals surface area contributed by atoms with Crippen LogP contribution in [0.1, 0.15) is 47.7 Å². The molecule has 37 heavy (non-hydrogen) atoms. The van der Waals surface area contributed by atoms with Gasteiger partial charge in [0, 0.05) is 39.1 Å². The Morgan fingerprint density at radius 2 is 1.73 bits per heavy atom. The van der Waals surface area contributed by atoms with E-state index >= 15 is 0 Å². The monoisotopic (exact) mass is 514 g/mol. The molecule has 0 spiro atoms. The van der Waals surface area contributed by atoms with Crippen molar-refractivity contribution in [3.8, 4) is 11.6 Å². The highest BCUT2D eigenvalue weighted by Crippen LogP contribution is 2.34. The number of hydrogen-bond donors (Lipinski definition) is 0. The number of benzene rings is 2. The Kier molecular flexibility index (Phi) is 7.07. The number of halogens is 4. The Hall–Kier alpha value is -3.20. The number of aryl methyl sites for hydroxylation is 1.